The molecule has 0 bridgehead atoms. The van der Waals surface area contributed by atoms with Crippen LogP contribution < -0.4 is 5.73 Å². The number of amides is 1. The third-order valence-corrected chi connectivity index (χ3v) is 4.11. The van der Waals surface area contributed by atoms with Gasteiger partial charge in [0.2, 0.25) is 0 Å². The molecule has 20 heavy (non-hydrogen) atoms. The first-order valence-electron chi connectivity index (χ1n) is 7.15. The molecule has 0 saturated heterocycles. The Hall–Kier alpha value is -1.88. The smallest absolute Gasteiger partial charge is 0.275 e. The normalized spacial score (nSPS) is 15.3. The highest BCUT2D eigenvalue weighted by Crippen LogP contribution is 2.27. The standard InChI is InChI=1S/C15H20N4O/c1-18-13-8-3-2-7-12(13)14(17-18)15(20)19(10-9-16)11-5-4-6-11/h2-3,7-8,11H,4-6,9-10,16H2,1H3. The minimum Gasteiger partial charge on any atom is -0.333 e. The molecule has 1 saturated carbocycles. The number of fused-ring (bicyclic) bond motifs is 1. The van der Waals surface area contributed by atoms with Crippen molar-refractivity contribution >= 4 is 16.8 Å². The molecule has 2 aromatic rings. The van der Waals surface area contributed by atoms with Crippen molar-refractivity contribution in [3.05, 3.63) is 30.0 Å². The number of carbonyl (C=O) groups excluding carboxylic acids is 1. The predicted octanol–water partition coefficient (Wildman–Crippen LogP) is 1.53. The number of hydrogen-bond acceptors (Lipinski definition) is 3. The van der Waals surface area contributed by atoms with E-state index in [1.165, 1.54) is 6.42 Å². The van der Waals surface area contributed by atoms with Gasteiger partial charge in [0.05, 0.1) is 5.52 Å². The molecule has 1 fully saturated rings. The zero-order chi connectivity index (χ0) is 14.1. The number of hydrogen-bond donors (Lipinski definition) is 1. The molecule has 1 aromatic carbocycles. The monoisotopic (exact) mass is 272 g/mol. The van der Waals surface area contributed by atoms with Crippen molar-refractivity contribution in [2.45, 2.75) is 25.3 Å². The Bertz CT molecular complexity index is 630. The molecule has 0 aliphatic heterocycles. The van der Waals surface area contributed by atoms with Crippen molar-refractivity contribution in [3.63, 3.8) is 0 Å². The van der Waals surface area contributed by atoms with Crippen LogP contribution in [0, 0.1) is 0 Å². The zero-order valence-electron chi connectivity index (χ0n) is 11.7. The molecule has 1 aliphatic rings. The lowest BCUT2D eigenvalue weighted by atomic mass is 9.91. The number of para-hydroxylation sites is 1. The highest BCUT2D eigenvalue weighted by molar-refractivity contribution is 6.05. The average molecular weight is 272 g/mol. The molecule has 0 spiro atoms. The fourth-order valence-electron chi connectivity index (χ4n) is 2.80. The van der Waals surface area contributed by atoms with E-state index in [1.54, 1.807) is 4.68 Å². The van der Waals surface area contributed by atoms with E-state index in [4.69, 9.17) is 5.73 Å². The summed E-state index contributed by atoms with van der Waals surface area (Å²) in [6.45, 7) is 1.10. The van der Waals surface area contributed by atoms with Gasteiger partial charge in [-0.15, -0.1) is 0 Å². The molecule has 0 radical (unpaired) electrons. The Morgan fingerprint density at radius 2 is 2.20 bits per heavy atom. The summed E-state index contributed by atoms with van der Waals surface area (Å²) in [5.41, 5.74) is 7.19. The van der Waals surface area contributed by atoms with E-state index in [0.717, 1.165) is 23.7 Å². The number of nitrogens with zero attached hydrogens (tertiary/aromatic N) is 3. The number of carbonyl (C=O) groups is 1. The molecular weight excluding hydrogens is 252 g/mol. The first-order chi connectivity index (χ1) is 9.72. The zero-order valence-corrected chi connectivity index (χ0v) is 11.7. The largest absolute Gasteiger partial charge is 0.333 e. The van der Waals surface area contributed by atoms with E-state index in [2.05, 4.69) is 5.10 Å². The van der Waals surface area contributed by atoms with Gasteiger partial charge in [-0.25, -0.2) is 0 Å². The van der Waals surface area contributed by atoms with E-state index in [9.17, 15) is 4.79 Å². The van der Waals surface area contributed by atoms with Crippen molar-refractivity contribution < 1.29 is 4.79 Å². The lowest BCUT2D eigenvalue weighted by Gasteiger charge is -2.37. The van der Waals surface area contributed by atoms with Gasteiger partial charge in [0.25, 0.3) is 5.91 Å². The predicted molar refractivity (Wildman–Crippen MR) is 78.4 cm³/mol. The molecule has 2 N–H and O–H groups in total. The number of aromatic nitrogens is 2. The Labute approximate surface area is 118 Å². The van der Waals surface area contributed by atoms with Crippen molar-refractivity contribution in [1.29, 1.82) is 0 Å². The first kappa shape index (κ1) is 13.1. The van der Waals surface area contributed by atoms with Crippen molar-refractivity contribution in [2.24, 2.45) is 12.8 Å². The quantitative estimate of drug-likeness (QED) is 0.918. The molecule has 0 unspecified atom stereocenters. The summed E-state index contributed by atoms with van der Waals surface area (Å²) >= 11 is 0. The molecule has 1 amide bonds. The SMILES string of the molecule is Cn1nc(C(=O)N(CCN)C2CCC2)c2ccccc21. The van der Waals surface area contributed by atoms with E-state index < -0.39 is 0 Å². The fourth-order valence-corrected chi connectivity index (χ4v) is 2.80. The third kappa shape index (κ3) is 2.08. The van der Waals surface area contributed by atoms with Gasteiger partial charge in [-0.05, 0) is 25.3 Å². The van der Waals surface area contributed by atoms with E-state index in [-0.39, 0.29) is 5.91 Å². The summed E-state index contributed by atoms with van der Waals surface area (Å²) in [4.78, 5) is 14.7. The summed E-state index contributed by atoms with van der Waals surface area (Å²) in [5, 5.41) is 5.34. The summed E-state index contributed by atoms with van der Waals surface area (Å²) in [5.74, 6) is 0.0111. The van der Waals surface area contributed by atoms with Crippen molar-refractivity contribution in [2.75, 3.05) is 13.1 Å². The average Bonchev–Trinajstić information content (AvgIpc) is 2.74. The van der Waals surface area contributed by atoms with Crippen molar-refractivity contribution in [1.82, 2.24) is 14.7 Å². The lowest BCUT2D eigenvalue weighted by Crippen LogP contribution is -2.46. The molecule has 3 rings (SSSR count). The van der Waals surface area contributed by atoms with Crippen molar-refractivity contribution in [3.8, 4) is 0 Å². The summed E-state index contributed by atoms with van der Waals surface area (Å²) in [6.07, 6.45) is 3.36. The van der Waals surface area contributed by atoms with Crippen LogP contribution in [0.3, 0.4) is 0 Å². The maximum atomic E-state index is 12.8. The topological polar surface area (TPSA) is 64.2 Å². The molecule has 1 aliphatic carbocycles. The molecular formula is C15H20N4O. The van der Waals surface area contributed by atoms with E-state index in [1.807, 2.05) is 36.2 Å². The van der Waals surface area contributed by atoms with Crippen LogP contribution >= 0.6 is 0 Å². The molecule has 5 nitrogen and oxygen atoms in total. The molecule has 1 aromatic heterocycles. The Morgan fingerprint density at radius 3 is 2.85 bits per heavy atom. The van der Waals surface area contributed by atoms with Crippen LogP contribution in [0.5, 0.6) is 0 Å². The van der Waals surface area contributed by atoms with Crippen LogP contribution in [0.1, 0.15) is 29.8 Å². The maximum Gasteiger partial charge on any atom is 0.275 e. The highest BCUT2D eigenvalue weighted by Gasteiger charge is 2.31. The maximum absolute atomic E-state index is 12.8. The number of rotatable bonds is 4. The third-order valence-electron chi connectivity index (χ3n) is 4.11. The Balaban J connectivity index is 1.98. The second kappa shape index (κ2) is 5.25. The van der Waals surface area contributed by atoms with Gasteiger partial charge in [0.15, 0.2) is 5.69 Å². The van der Waals surface area contributed by atoms with E-state index >= 15 is 0 Å². The molecule has 5 heteroatoms. The second-order valence-electron chi connectivity index (χ2n) is 5.36. The summed E-state index contributed by atoms with van der Waals surface area (Å²) in [7, 11) is 1.87. The molecule has 0 atom stereocenters. The van der Waals surface area contributed by atoms with Gasteiger partial charge in [-0.2, -0.15) is 5.10 Å². The summed E-state index contributed by atoms with van der Waals surface area (Å²) < 4.78 is 1.77. The second-order valence-corrected chi connectivity index (χ2v) is 5.36. The number of benzene rings is 1. The summed E-state index contributed by atoms with van der Waals surface area (Å²) in [6, 6.07) is 8.18. The van der Waals surface area contributed by atoms with Gasteiger partial charge in [-0.1, -0.05) is 18.2 Å². The Kier molecular flexibility index (Phi) is 3.44. The lowest BCUT2D eigenvalue weighted by molar-refractivity contribution is 0.0584. The molecule has 106 valence electrons. The van der Waals surface area contributed by atoms with E-state index in [0.29, 0.717) is 24.8 Å². The fraction of sp³-hybridized carbons (Fsp3) is 0.467. The molecule has 1 heterocycles. The van der Waals surface area contributed by atoms with Gasteiger partial charge in [0.1, 0.15) is 0 Å². The van der Waals surface area contributed by atoms with Gasteiger partial charge < -0.3 is 10.6 Å². The van der Waals surface area contributed by atoms with Gasteiger partial charge >= 0.3 is 0 Å². The van der Waals surface area contributed by atoms with Gasteiger partial charge in [-0.3, -0.25) is 9.48 Å². The van der Waals surface area contributed by atoms with Crippen LogP contribution in [-0.4, -0.2) is 39.7 Å². The van der Waals surface area contributed by atoms with Crippen LogP contribution in [0.4, 0.5) is 0 Å². The van der Waals surface area contributed by atoms with Crippen LogP contribution in [-0.2, 0) is 7.05 Å². The first-order valence-corrected chi connectivity index (χ1v) is 7.15. The van der Waals surface area contributed by atoms with Gasteiger partial charge in [0, 0.05) is 31.6 Å². The van der Waals surface area contributed by atoms with Crippen LogP contribution in [0.15, 0.2) is 24.3 Å². The minimum absolute atomic E-state index is 0.0111. The Morgan fingerprint density at radius 1 is 1.45 bits per heavy atom. The highest BCUT2D eigenvalue weighted by atomic mass is 16.2. The minimum atomic E-state index is 0.0111. The van der Waals surface area contributed by atoms with Crippen LogP contribution in [0.25, 0.3) is 10.9 Å². The number of aryl methyl sites for hydroxylation is 1. The number of nitrogens with two attached hydrogens (primary N) is 1. The van der Waals surface area contributed by atoms with Crippen LogP contribution in [0.2, 0.25) is 0 Å².